The van der Waals surface area contributed by atoms with Gasteiger partial charge in [-0.15, -0.1) is 6.58 Å². The van der Waals surface area contributed by atoms with Crippen molar-refractivity contribution in [2.75, 3.05) is 13.7 Å². The van der Waals surface area contributed by atoms with Gasteiger partial charge < -0.3 is 14.2 Å². The maximum atomic E-state index is 14.0. The van der Waals surface area contributed by atoms with E-state index in [-0.39, 0.29) is 11.5 Å². The van der Waals surface area contributed by atoms with Gasteiger partial charge in [0.1, 0.15) is 12.4 Å². The van der Waals surface area contributed by atoms with Crippen LogP contribution >= 0.6 is 0 Å². The molecule has 236 valence electrons. The largest absolute Gasteiger partial charge is 0.496 e. The summed E-state index contributed by atoms with van der Waals surface area (Å²) < 4.78 is 19.5. The van der Waals surface area contributed by atoms with Crippen LogP contribution in [0, 0.1) is 13.8 Å². The number of aromatic nitrogens is 2. The summed E-state index contributed by atoms with van der Waals surface area (Å²) in [6.45, 7) is 15.0. The fourth-order valence-corrected chi connectivity index (χ4v) is 5.43. The Morgan fingerprint density at radius 1 is 0.978 bits per heavy atom. The summed E-state index contributed by atoms with van der Waals surface area (Å²) in [5.74, 6) is 2.73. The summed E-state index contributed by atoms with van der Waals surface area (Å²) in [5, 5.41) is 5.24. The van der Waals surface area contributed by atoms with Crippen molar-refractivity contribution >= 4 is 17.1 Å². The second-order valence-electron chi connectivity index (χ2n) is 11.6. The first kappa shape index (κ1) is 32.2. The van der Waals surface area contributed by atoms with Gasteiger partial charge in [-0.1, -0.05) is 61.9 Å². The highest BCUT2D eigenvalue weighted by atomic mass is 16.5. The minimum Gasteiger partial charge on any atom is -0.496 e. The molecule has 0 atom stereocenters. The molecule has 7 nitrogen and oxygen atoms in total. The van der Waals surface area contributed by atoms with Crippen LogP contribution in [0.5, 0.6) is 17.2 Å². The van der Waals surface area contributed by atoms with Crippen LogP contribution in [0.4, 0.5) is 0 Å². The molecule has 5 aromatic rings. The van der Waals surface area contributed by atoms with E-state index in [4.69, 9.17) is 24.3 Å². The zero-order valence-electron chi connectivity index (χ0n) is 27.5. The first-order valence-electron chi connectivity index (χ1n) is 15.6. The Morgan fingerprint density at radius 2 is 1.74 bits per heavy atom. The molecule has 0 spiro atoms. The molecular weight excluding hydrogens is 574 g/mol. The Balaban J connectivity index is 1.63. The lowest BCUT2D eigenvalue weighted by Gasteiger charge is -2.18. The van der Waals surface area contributed by atoms with Gasteiger partial charge in [-0.3, -0.25) is 4.79 Å². The molecule has 0 radical (unpaired) electrons. The number of aryl methyl sites for hydroxylation is 2. The van der Waals surface area contributed by atoms with Crippen molar-refractivity contribution in [2.45, 2.75) is 53.6 Å². The van der Waals surface area contributed by atoms with Gasteiger partial charge in [-0.05, 0) is 91.8 Å². The van der Waals surface area contributed by atoms with Gasteiger partial charge in [-0.2, -0.15) is 9.78 Å². The molecule has 0 aliphatic heterocycles. The van der Waals surface area contributed by atoms with Crippen LogP contribution < -0.4 is 19.8 Å². The van der Waals surface area contributed by atoms with Gasteiger partial charge in [0.05, 0.1) is 30.8 Å². The van der Waals surface area contributed by atoms with Crippen LogP contribution in [-0.4, -0.2) is 29.6 Å². The zero-order chi connectivity index (χ0) is 32.8. The number of rotatable bonds is 12. The molecule has 0 unspecified atom stereocenters. The van der Waals surface area contributed by atoms with Crippen molar-refractivity contribution in [1.29, 1.82) is 0 Å². The van der Waals surface area contributed by atoms with Gasteiger partial charge in [0, 0.05) is 11.1 Å². The predicted octanol–water partition coefficient (Wildman–Crippen LogP) is 8.40. The van der Waals surface area contributed by atoms with E-state index >= 15 is 0 Å². The van der Waals surface area contributed by atoms with E-state index in [1.165, 1.54) is 10.2 Å². The van der Waals surface area contributed by atoms with E-state index in [2.05, 4.69) is 57.7 Å². The zero-order valence-corrected chi connectivity index (χ0v) is 27.5. The Hall–Kier alpha value is -5.17. The minimum atomic E-state index is -0.257. The number of allylic oxidation sites excluding steroid dienone is 1. The van der Waals surface area contributed by atoms with Crippen LogP contribution in [0.2, 0.25) is 0 Å². The van der Waals surface area contributed by atoms with Gasteiger partial charge in [0.2, 0.25) is 0 Å². The smallest absolute Gasteiger partial charge is 0.282 e. The second-order valence-corrected chi connectivity index (χ2v) is 11.6. The molecular formula is C39H41N3O4. The van der Waals surface area contributed by atoms with Gasteiger partial charge in [-0.25, -0.2) is 4.98 Å². The van der Waals surface area contributed by atoms with Gasteiger partial charge >= 0.3 is 0 Å². The molecule has 0 saturated heterocycles. The SMILES string of the molecule is C=CCc1cc(C=Nn2c(-c3cc(C(C)C)c(OC)cc3C)nc3ccccc3c2=O)cc(OCC)c1OCc1ccc(C)cc1. The molecule has 0 bridgehead atoms. The highest BCUT2D eigenvalue weighted by molar-refractivity contribution is 5.83. The molecule has 5 rings (SSSR count). The molecule has 0 N–H and O–H groups in total. The van der Waals surface area contributed by atoms with E-state index in [1.54, 1.807) is 19.4 Å². The molecule has 1 aromatic heterocycles. The van der Waals surface area contributed by atoms with Crippen molar-refractivity contribution in [3.63, 3.8) is 0 Å². The maximum Gasteiger partial charge on any atom is 0.282 e. The average molecular weight is 616 g/mol. The van der Waals surface area contributed by atoms with E-state index in [0.717, 1.165) is 39.1 Å². The summed E-state index contributed by atoms with van der Waals surface area (Å²) in [6, 6.07) is 23.5. The second kappa shape index (κ2) is 14.3. The highest BCUT2D eigenvalue weighted by Gasteiger charge is 2.19. The monoisotopic (exact) mass is 615 g/mol. The van der Waals surface area contributed by atoms with Crippen molar-refractivity contribution in [1.82, 2.24) is 9.66 Å². The minimum absolute atomic E-state index is 0.199. The lowest BCUT2D eigenvalue weighted by Crippen LogP contribution is -2.21. The Bertz CT molecular complexity index is 1960. The van der Waals surface area contributed by atoms with E-state index in [1.807, 2.05) is 56.3 Å². The lowest BCUT2D eigenvalue weighted by atomic mass is 9.96. The van der Waals surface area contributed by atoms with Crippen LogP contribution in [0.1, 0.15) is 60.1 Å². The molecule has 0 saturated carbocycles. The van der Waals surface area contributed by atoms with Crippen molar-refractivity contribution in [2.24, 2.45) is 5.10 Å². The summed E-state index contributed by atoms with van der Waals surface area (Å²) in [4.78, 5) is 18.9. The fourth-order valence-electron chi connectivity index (χ4n) is 5.43. The van der Waals surface area contributed by atoms with Crippen LogP contribution in [0.25, 0.3) is 22.3 Å². The quantitative estimate of drug-likeness (QED) is 0.104. The highest BCUT2D eigenvalue weighted by Crippen LogP contribution is 2.36. The summed E-state index contributed by atoms with van der Waals surface area (Å²) in [6.07, 6.45) is 4.07. The summed E-state index contributed by atoms with van der Waals surface area (Å²) >= 11 is 0. The Kier molecular flexibility index (Phi) is 10.0. The summed E-state index contributed by atoms with van der Waals surface area (Å²) in [7, 11) is 1.67. The van der Waals surface area contributed by atoms with E-state index in [0.29, 0.717) is 47.9 Å². The Labute approximate surface area is 270 Å². The normalized spacial score (nSPS) is 11.4. The predicted molar refractivity (Wildman–Crippen MR) is 187 cm³/mol. The third-order valence-electron chi connectivity index (χ3n) is 7.84. The number of hydrogen-bond donors (Lipinski definition) is 0. The Morgan fingerprint density at radius 3 is 2.43 bits per heavy atom. The molecule has 0 aliphatic carbocycles. The average Bonchev–Trinajstić information content (AvgIpc) is 3.04. The van der Waals surface area contributed by atoms with Crippen LogP contribution in [0.3, 0.4) is 0 Å². The number of nitrogens with zero attached hydrogens (tertiary/aromatic N) is 3. The number of fused-ring (bicyclic) bond motifs is 1. The van der Waals surface area contributed by atoms with E-state index < -0.39 is 0 Å². The van der Waals surface area contributed by atoms with Crippen molar-refractivity contribution < 1.29 is 14.2 Å². The van der Waals surface area contributed by atoms with Crippen molar-refractivity contribution in [3.05, 3.63) is 129 Å². The number of ether oxygens (including phenoxy) is 3. The standard InChI is InChI=1S/C39H41N3O4/c1-8-12-30-20-29(21-36(45-9-2)37(30)46-24-28-17-15-26(5)16-18-28)23-40-42-38(41-34-14-11-10-13-31(34)39(42)43)33-22-32(25(3)4)35(44-7)19-27(33)6/h8,10-11,13-23,25H,1,9,12,24H2,2-7H3. The number of methoxy groups -OCH3 is 1. The van der Waals surface area contributed by atoms with Gasteiger partial charge in [0.15, 0.2) is 17.3 Å². The van der Waals surface area contributed by atoms with Crippen LogP contribution in [-0.2, 0) is 13.0 Å². The number of hydrogen-bond acceptors (Lipinski definition) is 6. The molecule has 0 amide bonds. The van der Waals surface area contributed by atoms with Crippen LogP contribution in [0.15, 0.2) is 95.3 Å². The molecule has 4 aromatic carbocycles. The molecule has 7 heteroatoms. The molecule has 0 aliphatic rings. The van der Waals surface area contributed by atoms with Crippen molar-refractivity contribution in [3.8, 4) is 28.6 Å². The molecule has 0 fully saturated rings. The van der Waals surface area contributed by atoms with Gasteiger partial charge in [0.25, 0.3) is 5.56 Å². The third-order valence-corrected chi connectivity index (χ3v) is 7.84. The number of para-hydroxylation sites is 1. The number of benzene rings is 4. The first-order chi connectivity index (χ1) is 22.2. The van der Waals surface area contributed by atoms with E-state index in [9.17, 15) is 4.79 Å². The first-order valence-corrected chi connectivity index (χ1v) is 15.6. The topological polar surface area (TPSA) is 74.9 Å². The molecule has 1 heterocycles. The summed E-state index contributed by atoms with van der Waals surface area (Å²) in [5.41, 5.74) is 7.03. The lowest BCUT2D eigenvalue weighted by molar-refractivity contribution is 0.267. The third kappa shape index (κ3) is 6.89. The maximum absolute atomic E-state index is 14.0. The molecule has 46 heavy (non-hydrogen) atoms. The fraction of sp³-hybridized carbons (Fsp3) is 0.256.